The number of hydrogen-bond acceptors (Lipinski definition) is 1. The molecule has 2 rings (SSSR count). The zero-order chi connectivity index (χ0) is 13.8. The van der Waals surface area contributed by atoms with Crippen LogP contribution < -0.4 is 5.32 Å². The van der Waals surface area contributed by atoms with Crippen molar-refractivity contribution in [3.8, 4) is 0 Å². The zero-order valence-corrected chi connectivity index (χ0v) is 12.1. The highest BCUT2D eigenvalue weighted by molar-refractivity contribution is 9.10. The Kier molecular flexibility index (Phi) is 4.37. The molecule has 3 nitrogen and oxygen atoms in total. The van der Waals surface area contributed by atoms with Gasteiger partial charge < -0.3 is 9.88 Å². The van der Waals surface area contributed by atoms with Crippen LogP contribution in [0.2, 0.25) is 0 Å². The van der Waals surface area contributed by atoms with Gasteiger partial charge in [-0.05, 0) is 40.0 Å². The van der Waals surface area contributed by atoms with Crippen LogP contribution in [0.3, 0.4) is 0 Å². The molecule has 0 aliphatic heterocycles. The predicted molar refractivity (Wildman–Crippen MR) is 75.6 cm³/mol. The third-order valence-corrected chi connectivity index (χ3v) is 3.28. The van der Waals surface area contributed by atoms with Gasteiger partial charge in [0.1, 0.15) is 11.5 Å². The fourth-order valence-corrected chi connectivity index (χ4v) is 2.38. The maximum Gasteiger partial charge on any atom is 0.267 e. The van der Waals surface area contributed by atoms with E-state index in [9.17, 15) is 9.18 Å². The molecule has 1 amide bonds. The quantitative estimate of drug-likeness (QED) is 0.921. The van der Waals surface area contributed by atoms with Gasteiger partial charge in [0.25, 0.3) is 5.91 Å². The minimum Gasteiger partial charge on any atom is -0.350 e. The molecule has 1 heterocycles. The van der Waals surface area contributed by atoms with Crippen LogP contribution in [0, 0.1) is 5.82 Å². The van der Waals surface area contributed by atoms with Gasteiger partial charge >= 0.3 is 0 Å². The van der Waals surface area contributed by atoms with Crippen LogP contribution in [-0.4, -0.2) is 17.0 Å². The third kappa shape index (κ3) is 3.44. The van der Waals surface area contributed by atoms with Crippen molar-refractivity contribution in [3.63, 3.8) is 0 Å². The molecular weight excluding hydrogens is 311 g/mol. The second kappa shape index (κ2) is 6.02. The van der Waals surface area contributed by atoms with Gasteiger partial charge in [0, 0.05) is 24.3 Å². The molecule has 0 radical (unpaired) electrons. The summed E-state index contributed by atoms with van der Waals surface area (Å²) in [5.41, 5.74) is 1.18. The lowest BCUT2D eigenvalue weighted by Gasteiger charge is -2.06. The number of rotatable bonds is 4. The number of nitrogens with one attached hydrogen (secondary N) is 1. The molecule has 0 unspecified atom stereocenters. The Hall–Kier alpha value is -1.62. The first kappa shape index (κ1) is 13.8. The maximum absolute atomic E-state index is 13.4. The van der Waals surface area contributed by atoms with Crippen LogP contribution in [0.5, 0.6) is 0 Å². The molecule has 0 saturated heterocycles. The van der Waals surface area contributed by atoms with Crippen LogP contribution in [0.4, 0.5) is 4.39 Å². The molecule has 1 aromatic heterocycles. The largest absolute Gasteiger partial charge is 0.350 e. The van der Waals surface area contributed by atoms with Crippen molar-refractivity contribution < 1.29 is 9.18 Å². The Bertz CT molecular complexity index is 595. The number of amides is 1. The van der Waals surface area contributed by atoms with E-state index in [1.165, 1.54) is 6.07 Å². The molecular formula is C14H14BrFN2O. The normalized spacial score (nSPS) is 10.5. The Labute approximate surface area is 119 Å². The average Bonchev–Trinajstić information content (AvgIpc) is 2.71. The molecule has 0 spiro atoms. The molecule has 1 N–H and O–H groups in total. The summed E-state index contributed by atoms with van der Waals surface area (Å²) in [6.45, 7) is 0.405. The molecule has 1 aromatic carbocycles. The lowest BCUT2D eigenvalue weighted by Crippen LogP contribution is -2.27. The van der Waals surface area contributed by atoms with Gasteiger partial charge in [0.15, 0.2) is 0 Å². The van der Waals surface area contributed by atoms with Gasteiger partial charge in [0.05, 0.1) is 0 Å². The van der Waals surface area contributed by atoms with Crippen molar-refractivity contribution in [2.75, 3.05) is 6.54 Å². The molecule has 0 saturated carbocycles. The summed E-state index contributed by atoms with van der Waals surface area (Å²) in [5, 5.41) is 2.78. The van der Waals surface area contributed by atoms with Gasteiger partial charge in [-0.3, -0.25) is 4.79 Å². The number of halogens is 2. The second-order valence-corrected chi connectivity index (χ2v) is 5.17. The topological polar surface area (TPSA) is 34.0 Å². The van der Waals surface area contributed by atoms with E-state index in [1.807, 2.05) is 6.20 Å². The Morgan fingerprint density at radius 1 is 1.42 bits per heavy atom. The van der Waals surface area contributed by atoms with Crippen LogP contribution >= 0.6 is 15.9 Å². The third-order valence-electron chi connectivity index (χ3n) is 2.84. The van der Waals surface area contributed by atoms with E-state index in [-0.39, 0.29) is 11.7 Å². The van der Waals surface area contributed by atoms with E-state index >= 15 is 0 Å². The summed E-state index contributed by atoms with van der Waals surface area (Å²) < 4.78 is 16.0. The van der Waals surface area contributed by atoms with Crippen molar-refractivity contribution in [2.45, 2.75) is 6.42 Å². The van der Waals surface area contributed by atoms with Gasteiger partial charge in [-0.1, -0.05) is 18.2 Å². The van der Waals surface area contributed by atoms with Gasteiger partial charge in [-0.25, -0.2) is 4.39 Å². The molecule has 2 aromatic rings. The van der Waals surface area contributed by atoms with Gasteiger partial charge in [-0.2, -0.15) is 0 Å². The summed E-state index contributed by atoms with van der Waals surface area (Å²) in [4.78, 5) is 11.9. The predicted octanol–water partition coefficient (Wildman–Crippen LogP) is 2.90. The summed E-state index contributed by atoms with van der Waals surface area (Å²) in [6.07, 6.45) is 2.29. The van der Waals surface area contributed by atoms with E-state index in [1.54, 1.807) is 35.9 Å². The Morgan fingerprint density at radius 3 is 2.79 bits per heavy atom. The highest BCUT2D eigenvalue weighted by atomic mass is 79.9. The molecule has 19 heavy (non-hydrogen) atoms. The SMILES string of the molecule is Cn1cc(Br)cc1C(=O)NCCc1ccccc1F. The summed E-state index contributed by atoms with van der Waals surface area (Å²) in [5.74, 6) is -0.400. The number of aromatic nitrogens is 1. The highest BCUT2D eigenvalue weighted by Crippen LogP contribution is 2.13. The van der Waals surface area contributed by atoms with E-state index in [4.69, 9.17) is 0 Å². The van der Waals surface area contributed by atoms with Crippen molar-refractivity contribution in [2.24, 2.45) is 7.05 Å². The van der Waals surface area contributed by atoms with Gasteiger partial charge in [-0.15, -0.1) is 0 Å². The molecule has 0 aliphatic rings. The maximum atomic E-state index is 13.4. The van der Waals surface area contributed by atoms with Gasteiger partial charge in [0.2, 0.25) is 0 Å². The van der Waals surface area contributed by atoms with Crippen molar-refractivity contribution in [1.29, 1.82) is 0 Å². The fourth-order valence-electron chi connectivity index (χ4n) is 1.85. The minimum atomic E-state index is -0.238. The monoisotopic (exact) mass is 324 g/mol. The van der Waals surface area contributed by atoms with Crippen LogP contribution in [0.1, 0.15) is 16.1 Å². The molecule has 0 bridgehead atoms. The van der Waals surface area contributed by atoms with Crippen molar-refractivity contribution >= 4 is 21.8 Å². The molecule has 0 atom stereocenters. The number of aryl methyl sites for hydroxylation is 1. The van der Waals surface area contributed by atoms with E-state index < -0.39 is 0 Å². The van der Waals surface area contributed by atoms with Crippen molar-refractivity contribution in [1.82, 2.24) is 9.88 Å². The Balaban J connectivity index is 1.91. The minimum absolute atomic E-state index is 0.162. The molecule has 5 heteroatoms. The number of carbonyl (C=O) groups is 1. The molecule has 0 aliphatic carbocycles. The average molecular weight is 325 g/mol. The lowest BCUT2D eigenvalue weighted by molar-refractivity contribution is 0.0946. The standard InChI is InChI=1S/C14H14BrFN2O/c1-18-9-11(15)8-13(18)14(19)17-7-6-10-4-2-3-5-12(10)16/h2-5,8-9H,6-7H2,1H3,(H,17,19). The first-order chi connectivity index (χ1) is 9.08. The first-order valence-electron chi connectivity index (χ1n) is 5.91. The lowest BCUT2D eigenvalue weighted by atomic mass is 10.1. The highest BCUT2D eigenvalue weighted by Gasteiger charge is 2.10. The first-order valence-corrected chi connectivity index (χ1v) is 6.70. The summed E-state index contributed by atoms with van der Waals surface area (Å²) in [7, 11) is 1.80. The van der Waals surface area contributed by atoms with Crippen LogP contribution in [0.25, 0.3) is 0 Å². The van der Waals surface area contributed by atoms with E-state index in [0.717, 1.165) is 4.47 Å². The van der Waals surface area contributed by atoms with E-state index in [0.29, 0.717) is 24.2 Å². The van der Waals surface area contributed by atoms with Crippen LogP contribution in [0.15, 0.2) is 41.0 Å². The number of hydrogen-bond donors (Lipinski definition) is 1. The second-order valence-electron chi connectivity index (χ2n) is 4.25. The zero-order valence-electron chi connectivity index (χ0n) is 10.5. The molecule has 0 fully saturated rings. The van der Waals surface area contributed by atoms with E-state index in [2.05, 4.69) is 21.2 Å². The smallest absolute Gasteiger partial charge is 0.267 e. The fraction of sp³-hybridized carbons (Fsp3) is 0.214. The summed E-state index contributed by atoms with van der Waals surface area (Å²) in [6, 6.07) is 8.33. The number of carbonyl (C=O) groups excluding carboxylic acids is 1. The Morgan fingerprint density at radius 2 is 2.16 bits per heavy atom. The van der Waals surface area contributed by atoms with Crippen LogP contribution in [-0.2, 0) is 13.5 Å². The number of nitrogens with zero attached hydrogens (tertiary/aromatic N) is 1. The van der Waals surface area contributed by atoms with Crippen molar-refractivity contribution in [3.05, 3.63) is 58.1 Å². The molecule has 100 valence electrons. The summed E-state index contributed by atoms with van der Waals surface area (Å²) >= 11 is 3.32. The number of benzene rings is 1.